The van der Waals surface area contributed by atoms with Crippen LogP contribution in [0.4, 0.5) is 0 Å². The lowest BCUT2D eigenvalue weighted by Gasteiger charge is -2.32. The number of hydrogen-bond acceptors (Lipinski definition) is 6. The molecule has 0 amide bonds. The van der Waals surface area contributed by atoms with E-state index >= 15 is 0 Å². The zero-order valence-corrected chi connectivity index (χ0v) is 15.4. The lowest BCUT2D eigenvalue weighted by atomic mass is 9.98. The number of benzene rings is 1. The molecule has 6 nitrogen and oxygen atoms in total. The van der Waals surface area contributed by atoms with Crippen molar-refractivity contribution in [3.05, 3.63) is 29.8 Å². The fraction of sp³-hybridized carbons (Fsp3) is 0.588. The molecule has 1 atom stereocenters. The van der Waals surface area contributed by atoms with E-state index < -0.39 is 21.6 Å². The summed E-state index contributed by atoms with van der Waals surface area (Å²) in [6.45, 7) is 8.03. The molecule has 1 aliphatic rings. The van der Waals surface area contributed by atoms with Gasteiger partial charge in [0.2, 0.25) is 0 Å². The Labute approximate surface area is 143 Å². The van der Waals surface area contributed by atoms with E-state index in [0.29, 0.717) is 19.4 Å². The van der Waals surface area contributed by atoms with Crippen molar-refractivity contribution in [2.45, 2.75) is 51.5 Å². The van der Waals surface area contributed by atoms with Gasteiger partial charge < -0.3 is 4.84 Å². The lowest BCUT2D eigenvalue weighted by Crippen LogP contribution is -2.43. The Morgan fingerprint density at radius 1 is 1.21 bits per heavy atom. The van der Waals surface area contributed by atoms with Crippen molar-refractivity contribution in [3.8, 4) is 0 Å². The molecule has 7 heteroatoms. The molecular weight excluding hydrogens is 330 g/mol. The molecule has 0 spiro atoms. The molecule has 1 aromatic rings. The minimum absolute atomic E-state index is 0.136. The van der Waals surface area contributed by atoms with Gasteiger partial charge in [0, 0.05) is 6.54 Å². The van der Waals surface area contributed by atoms with E-state index in [1.165, 1.54) is 17.2 Å². The average Bonchev–Trinajstić information content (AvgIpc) is 2.46. The summed E-state index contributed by atoms with van der Waals surface area (Å²) >= 11 is 0. The number of hydroxylamine groups is 2. The number of hydrogen-bond donors (Lipinski definition) is 0. The van der Waals surface area contributed by atoms with Crippen LogP contribution in [0, 0.1) is 12.3 Å². The zero-order valence-electron chi connectivity index (χ0n) is 14.6. The van der Waals surface area contributed by atoms with Crippen LogP contribution < -0.4 is 0 Å². The summed E-state index contributed by atoms with van der Waals surface area (Å²) in [5.74, 6) is -0.343. The molecule has 2 rings (SSSR count). The second kappa shape index (κ2) is 7.21. The van der Waals surface area contributed by atoms with E-state index in [-0.39, 0.29) is 17.4 Å². The molecule has 1 aromatic carbocycles. The summed E-state index contributed by atoms with van der Waals surface area (Å²) in [6.07, 6.45) is 0.776. The highest BCUT2D eigenvalue weighted by Gasteiger charge is 2.31. The first-order valence-corrected chi connectivity index (χ1v) is 9.46. The Morgan fingerprint density at radius 2 is 1.83 bits per heavy atom. The van der Waals surface area contributed by atoms with Gasteiger partial charge in [0.1, 0.15) is 0 Å². The number of aryl methyl sites for hydroxylation is 1. The van der Waals surface area contributed by atoms with Crippen LogP contribution in [0.5, 0.6) is 0 Å². The van der Waals surface area contributed by atoms with Crippen LogP contribution >= 0.6 is 0 Å². The first-order valence-electron chi connectivity index (χ1n) is 8.05. The first-order chi connectivity index (χ1) is 11.1. The van der Waals surface area contributed by atoms with E-state index in [9.17, 15) is 13.2 Å². The van der Waals surface area contributed by atoms with Crippen molar-refractivity contribution in [3.63, 3.8) is 0 Å². The maximum absolute atomic E-state index is 12.4. The van der Waals surface area contributed by atoms with Gasteiger partial charge in [-0.1, -0.05) is 17.7 Å². The standard InChI is InChI=1S/C17H25NO5S/c1-13-7-9-15(10-8-13)24(20,21)23-14-6-5-11-18(12-14)22-16(19)17(2,3)4/h7-10,14H,5-6,11-12H2,1-4H3. The van der Waals surface area contributed by atoms with Gasteiger partial charge in [0.25, 0.3) is 10.1 Å². The second-order valence-electron chi connectivity index (χ2n) is 7.14. The number of carbonyl (C=O) groups is 1. The van der Waals surface area contributed by atoms with Crippen molar-refractivity contribution >= 4 is 16.1 Å². The van der Waals surface area contributed by atoms with Crippen molar-refractivity contribution in [1.29, 1.82) is 0 Å². The van der Waals surface area contributed by atoms with Gasteiger partial charge >= 0.3 is 5.97 Å². The smallest absolute Gasteiger partial charge is 0.330 e. The number of carbonyl (C=O) groups excluding carboxylic acids is 1. The maximum Gasteiger partial charge on any atom is 0.330 e. The Hall–Kier alpha value is -1.44. The third-order valence-corrected chi connectivity index (χ3v) is 5.11. The maximum atomic E-state index is 12.4. The van der Waals surface area contributed by atoms with E-state index in [1.807, 2.05) is 6.92 Å². The molecule has 24 heavy (non-hydrogen) atoms. The molecule has 0 aromatic heterocycles. The topological polar surface area (TPSA) is 72.9 Å². The van der Waals surface area contributed by atoms with Crippen LogP contribution in [0.1, 0.15) is 39.2 Å². The van der Waals surface area contributed by atoms with E-state index in [0.717, 1.165) is 5.56 Å². The van der Waals surface area contributed by atoms with E-state index in [1.54, 1.807) is 32.9 Å². The Kier molecular flexibility index (Phi) is 5.67. The number of nitrogens with zero attached hydrogens (tertiary/aromatic N) is 1. The Balaban J connectivity index is 1.99. The number of piperidine rings is 1. The quantitative estimate of drug-likeness (QED) is 0.773. The van der Waals surface area contributed by atoms with Crippen LogP contribution in [0.2, 0.25) is 0 Å². The van der Waals surface area contributed by atoms with Crippen LogP contribution in [0.3, 0.4) is 0 Å². The zero-order chi connectivity index (χ0) is 18.0. The average molecular weight is 355 g/mol. The van der Waals surface area contributed by atoms with Gasteiger partial charge in [-0.2, -0.15) is 8.42 Å². The molecule has 1 unspecified atom stereocenters. The summed E-state index contributed by atoms with van der Waals surface area (Å²) in [5.41, 5.74) is 0.369. The van der Waals surface area contributed by atoms with Crippen molar-refractivity contribution in [1.82, 2.24) is 5.06 Å². The third kappa shape index (κ3) is 5.03. The molecule has 0 aliphatic carbocycles. The van der Waals surface area contributed by atoms with Crippen LogP contribution in [-0.2, 0) is 23.9 Å². The van der Waals surface area contributed by atoms with Gasteiger partial charge in [-0.25, -0.2) is 4.79 Å². The molecule has 0 saturated carbocycles. The molecule has 0 bridgehead atoms. The predicted molar refractivity (Wildman–Crippen MR) is 89.6 cm³/mol. The third-order valence-electron chi connectivity index (χ3n) is 3.74. The minimum atomic E-state index is -3.82. The van der Waals surface area contributed by atoms with Crippen molar-refractivity contribution in [2.24, 2.45) is 5.41 Å². The lowest BCUT2D eigenvalue weighted by molar-refractivity contribution is -0.209. The molecule has 1 aliphatic heterocycles. The summed E-state index contributed by atoms with van der Waals surface area (Å²) in [6, 6.07) is 6.53. The fourth-order valence-corrected chi connectivity index (χ4v) is 3.36. The predicted octanol–water partition coefficient (Wildman–Crippen LogP) is 2.67. The molecule has 1 heterocycles. The summed E-state index contributed by atoms with van der Waals surface area (Å²) in [4.78, 5) is 17.4. The van der Waals surface area contributed by atoms with Gasteiger partial charge in [0.15, 0.2) is 0 Å². The molecule has 134 valence electrons. The molecular formula is C17H25NO5S. The summed E-state index contributed by atoms with van der Waals surface area (Å²) < 4.78 is 30.0. The van der Waals surface area contributed by atoms with Gasteiger partial charge in [-0.15, -0.1) is 5.06 Å². The Morgan fingerprint density at radius 3 is 2.42 bits per heavy atom. The number of rotatable bonds is 4. The second-order valence-corrected chi connectivity index (χ2v) is 8.72. The van der Waals surface area contributed by atoms with Crippen LogP contribution in [0.15, 0.2) is 29.2 Å². The largest absolute Gasteiger partial charge is 0.367 e. The molecule has 1 saturated heterocycles. The van der Waals surface area contributed by atoms with Gasteiger partial charge in [-0.05, 0) is 52.7 Å². The van der Waals surface area contributed by atoms with Gasteiger partial charge in [0.05, 0.1) is 23.0 Å². The highest BCUT2D eigenvalue weighted by molar-refractivity contribution is 7.86. The summed E-state index contributed by atoms with van der Waals surface area (Å²) in [7, 11) is -3.82. The molecule has 0 N–H and O–H groups in total. The van der Waals surface area contributed by atoms with Crippen molar-refractivity contribution in [2.75, 3.05) is 13.1 Å². The van der Waals surface area contributed by atoms with E-state index in [2.05, 4.69) is 0 Å². The first kappa shape index (κ1) is 18.9. The Bertz CT molecular complexity index is 676. The fourth-order valence-electron chi connectivity index (χ4n) is 2.26. The molecule has 1 fully saturated rings. The minimum Gasteiger partial charge on any atom is -0.367 e. The summed E-state index contributed by atoms with van der Waals surface area (Å²) in [5, 5.41) is 1.49. The highest BCUT2D eigenvalue weighted by Crippen LogP contribution is 2.22. The highest BCUT2D eigenvalue weighted by atomic mass is 32.2. The monoisotopic (exact) mass is 355 g/mol. The SMILES string of the molecule is Cc1ccc(S(=O)(=O)OC2CCCN(OC(=O)C(C)(C)C)C2)cc1. The van der Waals surface area contributed by atoms with Gasteiger partial charge in [-0.3, -0.25) is 4.18 Å². The van der Waals surface area contributed by atoms with Crippen molar-refractivity contribution < 1.29 is 22.2 Å². The van der Waals surface area contributed by atoms with E-state index in [4.69, 9.17) is 9.02 Å². The normalized spacial score (nSPS) is 19.9. The molecule has 0 radical (unpaired) electrons. The van der Waals surface area contributed by atoms with Crippen LogP contribution in [0.25, 0.3) is 0 Å². The van der Waals surface area contributed by atoms with Crippen LogP contribution in [-0.4, -0.2) is 38.6 Å².